The van der Waals surface area contributed by atoms with Gasteiger partial charge in [0.2, 0.25) is 0 Å². The number of alkyl halides is 14. The van der Waals surface area contributed by atoms with E-state index < -0.39 is 52.1 Å². The summed E-state index contributed by atoms with van der Waals surface area (Å²) in [6, 6.07) is 0. The van der Waals surface area contributed by atoms with E-state index in [1.54, 1.807) is 0 Å². The molecule has 0 aromatic heterocycles. The Labute approximate surface area is 127 Å². The van der Waals surface area contributed by atoms with E-state index in [0.717, 1.165) is 0 Å². The smallest absolute Gasteiger partial charge is 0.199 e. The van der Waals surface area contributed by atoms with Crippen LogP contribution in [0.5, 0.6) is 0 Å². The highest BCUT2D eigenvalue weighted by Gasteiger charge is 2.83. The summed E-state index contributed by atoms with van der Waals surface area (Å²) in [6.45, 7) is 0. The van der Waals surface area contributed by atoms with E-state index in [1.807, 2.05) is 4.18 Å². The summed E-state index contributed by atoms with van der Waals surface area (Å²) >= 11 is 0. The Morgan fingerprint density at radius 1 is 0.600 bits per heavy atom. The average Bonchev–Trinajstić information content (AvgIpc) is 2.21. The number of halogens is 14. The van der Waals surface area contributed by atoms with Gasteiger partial charge in [-0.1, -0.05) is 0 Å². The Balaban J connectivity index is 5.78. The maximum absolute atomic E-state index is 12.7. The maximum atomic E-state index is 12.7. The molecule has 0 saturated carbocycles. The fraction of sp³-hybridized carbons (Fsp3) is 1.00. The number of hydrogen-bond donors (Lipinski definition) is 0. The van der Waals surface area contributed by atoms with Crippen molar-refractivity contribution in [3.05, 3.63) is 0 Å². The second-order valence-corrected chi connectivity index (χ2v) is 5.72. The maximum Gasteiger partial charge on any atom is 0.460 e. The monoisotopic (exact) mass is 432 g/mol. The Morgan fingerprint density at radius 3 is 1.24 bits per heavy atom. The van der Waals surface area contributed by atoms with Crippen LogP contribution >= 0.6 is 0 Å². The first kappa shape index (κ1) is 23.9. The SMILES string of the molecule is O=S(=O)(CC(F)(F)C(F)(F)F)OC(F)(F)C(F)(F)C(F)(F)C(F)(F)F. The summed E-state index contributed by atoms with van der Waals surface area (Å²) < 4.78 is 193. The van der Waals surface area contributed by atoms with E-state index in [1.165, 1.54) is 0 Å². The minimum absolute atomic E-state index is 1.83. The van der Waals surface area contributed by atoms with E-state index in [0.29, 0.717) is 0 Å². The van der Waals surface area contributed by atoms with Crippen molar-refractivity contribution in [2.45, 2.75) is 36.2 Å². The van der Waals surface area contributed by atoms with Gasteiger partial charge in [0.25, 0.3) is 10.1 Å². The van der Waals surface area contributed by atoms with Gasteiger partial charge in [0.05, 0.1) is 0 Å². The minimum Gasteiger partial charge on any atom is -0.199 e. The van der Waals surface area contributed by atoms with Crippen LogP contribution in [0, 0.1) is 0 Å². The summed E-state index contributed by atoms with van der Waals surface area (Å²) in [5, 5.41) is 0. The minimum atomic E-state index is -7.68. The summed E-state index contributed by atoms with van der Waals surface area (Å²) in [7, 11) is -7.07. The highest BCUT2D eigenvalue weighted by molar-refractivity contribution is 7.86. The van der Waals surface area contributed by atoms with Gasteiger partial charge in [-0.3, -0.25) is 0 Å². The third-order valence-corrected chi connectivity index (χ3v) is 3.30. The molecule has 0 bridgehead atoms. The molecule has 0 rings (SSSR count). The van der Waals surface area contributed by atoms with Crippen LogP contribution < -0.4 is 0 Å². The molecule has 0 radical (unpaired) electrons. The Morgan fingerprint density at radius 2 is 0.960 bits per heavy atom. The zero-order valence-corrected chi connectivity index (χ0v) is 11.4. The summed E-state index contributed by atoms with van der Waals surface area (Å²) in [6.07, 6.45) is -21.4. The second-order valence-electron chi connectivity index (χ2n) is 4.15. The highest BCUT2D eigenvalue weighted by Crippen LogP contribution is 2.54. The second kappa shape index (κ2) is 5.98. The van der Waals surface area contributed by atoms with E-state index in [9.17, 15) is 69.9 Å². The molecule has 3 nitrogen and oxygen atoms in total. The zero-order valence-electron chi connectivity index (χ0n) is 10.6. The molecule has 0 unspecified atom stereocenters. The molecule has 0 aliphatic heterocycles. The summed E-state index contributed by atoms with van der Waals surface area (Å²) in [5.41, 5.74) is 0. The van der Waals surface area contributed by atoms with Gasteiger partial charge in [-0.2, -0.15) is 74.1 Å². The topological polar surface area (TPSA) is 43.4 Å². The fourth-order valence-corrected chi connectivity index (χ4v) is 2.00. The van der Waals surface area contributed by atoms with Crippen LogP contribution in [-0.4, -0.2) is 50.4 Å². The molecule has 152 valence electrons. The van der Waals surface area contributed by atoms with E-state index >= 15 is 0 Å². The summed E-state index contributed by atoms with van der Waals surface area (Å²) in [5.74, 6) is -25.5. The predicted molar refractivity (Wildman–Crippen MR) is 46.8 cm³/mol. The lowest BCUT2D eigenvalue weighted by Gasteiger charge is -2.32. The fourth-order valence-electron chi connectivity index (χ4n) is 0.906. The van der Waals surface area contributed by atoms with Crippen LogP contribution in [0.1, 0.15) is 0 Å². The summed E-state index contributed by atoms with van der Waals surface area (Å²) in [4.78, 5) is 0. The normalized spacial score (nSPS) is 16.2. The zero-order chi connectivity index (χ0) is 20.9. The van der Waals surface area contributed by atoms with Crippen molar-refractivity contribution in [1.29, 1.82) is 0 Å². The predicted octanol–water partition coefficient (Wildman–Crippen LogP) is 3.96. The largest absolute Gasteiger partial charge is 0.460 e. The molecule has 0 saturated heterocycles. The highest BCUT2D eigenvalue weighted by atomic mass is 32.2. The molecule has 25 heavy (non-hydrogen) atoms. The van der Waals surface area contributed by atoms with Crippen LogP contribution in [0.25, 0.3) is 0 Å². The first-order valence-corrected chi connectivity index (χ1v) is 6.57. The van der Waals surface area contributed by atoms with Crippen LogP contribution in [0.3, 0.4) is 0 Å². The van der Waals surface area contributed by atoms with Crippen LogP contribution in [-0.2, 0) is 14.3 Å². The number of hydrogen-bond acceptors (Lipinski definition) is 3. The molecule has 0 aromatic rings. The van der Waals surface area contributed by atoms with Gasteiger partial charge in [0.15, 0.2) is 0 Å². The molecule has 0 N–H and O–H groups in total. The molecule has 0 heterocycles. The first-order valence-electron chi connectivity index (χ1n) is 4.99. The quantitative estimate of drug-likeness (QED) is 0.472. The van der Waals surface area contributed by atoms with Gasteiger partial charge in [-0.15, -0.1) is 0 Å². The third kappa shape index (κ3) is 4.56. The molecule has 18 heteroatoms. The van der Waals surface area contributed by atoms with Crippen molar-refractivity contribution in [2.24, 2.45) is 0 Å². The van der Waals surface area contributed by atoms with Crippen molar-refractivity contribution >= 4 is 10.1 Å². The molecule has 0 aliphatic carbocycles. The standard InChI is InChI=1S/C7H2F14O3S/c8-2(9,5(14,15)16)1-25(22,23)24-7(20,21)4(12,13)3(10,11)6(17,18)19/h1H2. The van der Waals surface area contributed by atoms with Crippen molar-refractivity contribution < 1.29 is 74.1 Å². The molecular weight excluding hydrogens is 430 g/mol. The van der Waals surface area contributed by atoms with Gasteiger partial charge >= 0.3 is 36.2 Å². The van der Waals surface area contributed by atoms with Crippen molar-refractivity contribution in [2.75, 3.05) is 5.75 Å². The average molecular weight is 432 g/mol. The van der Waals surface area contributed by atoms with Crippen LogP contribution in [0.4, 0.5) is 61.5 Å². The Kier molecular flexibility index (Phi) is 5.73. The Hall–Kier alpha value is -1.07. The van der Waals surface area contributed by atoms with E-state index in [4.69, 9.17) is 0 Å². The van der Waals surface area contributed by atoms with Gasteiger partial charge in [0, 0.05) is 0 Å². The lowest BCUT2D eigenvalue weighted by atomic mass is 10.1. The molecule has 0 amide bonds. The molecule has 0 atom stereocenters. The first-order chi connectivity index (χ1) is 10.4. The van der Waals surface area contributed by atoms with Crippen molar-refractivity contribution in [1.82, 2.24) is 0 Å². The van der Waals surface area contributed by atoms with Crippen molar-refractivity contribution in [3.8, 4) is 0 Å². The third-order valence-electron chi connectivity index (χ3n) is 2.12. The molecule has 0 spiro atoms. The molecular formula is C7H2F14O3S. The Bertz CT molecular complexity index is 585. The number of rotatable bonds is 6. The van der Waals surface area contributed by atoms with E-state index in [2.05, 4.69) is 0 Å². The van der Waals surface area contributed by atoms with Gasteiger partial charge in [-0.05, 0) is 0 Å². The molecule has 0 fully saturated rings. The van der Waals surface area contributed by atoms with Gasteiger partial charge in [-0.25, -0.2) is 0 Å². The molecule has 0 aromatic carbocycles. The van der Waals surface area contributed by atoms with E-state index in [-0.39, 0.29) is 0 Å². The molecule has 0 aliphatic rings. The van der Waals surface area contributed by atoms with Gasteiger partial charge < -0.3 is 0 Å². The van der Waals surface area contributed by atoms with Crippen LogP contribution in [0.15, 0.2) is 0 Å². The lowest BCUT2D eigenvalue weighted by Crippen LogP contribution is -2.62. The lowest BCUT2D eigenvalue weighted by molar-refractivity contribution is -0.428. The van der Waals surface area contributed by atoms with Gasteiger partial charge in [0.1, 0.15) is 5.75 Å². The van der Waals surface area contributed by atoms with Crippen LogP contribution in [0.2, 0.25) is 0 Å². The van der Waals surface area contributed by atoms with Crippen molar-refractivity contribution in [3.63, 3.8) is 0 Å².